The third kappa shape index (κ3) is 6.49. The third-order valence-electron chi connectivity index (χ3n) is 5.28. The highest BCUT2D eigenvalue weighted by molar-refractivity contribution is 7.89. The zero-order chi connectivity index (χ0) is 23.1. The number of rotatable bonds is 10. The Bertz CT molecular complexity index is 1140. The predicted molar refractivity (Wildman–Crippen MR) is 129 cm³/mol. The zero-order valence-electron chi connectivity index (χ0n) is 18.5. The van der Waals surface area contributed by atoms with Gasteiger partial charge >= 0.3 is 0 Å². The van der Waals surface area contributed by atoms with Crippen molar-refractivity contribution in [1.29, 1.82) is 0 Å². The quantitative estimate of drug-likeness (QED) is 0.469. The number of nitrogens with zero attached hydrogens (tertiary/aromatic N) is 1. The van der Waals surface area contributed by atoms with E-state index in [1.54, 1.807) is 12.1 Å². The molecule has 0 aliphatic heterocycles. The number of carbonyl (C=O) groups excluding carboxylic acids is 1. The molecule has 0 saturated heterocycles. The van der Waals surface area contributed by atoms with Crippen LogP contribution in [0.3, 0.4) is 0 Å². The van der Waals surface area contributed by atoms with E-state index >= 15 is 0 Å². The van der Waals surface area contributed by atoms with Crippen LogP contribution in [-0.4, -0.2) is 32.3 Å². The summed E-state index contributed by atoms with van der Waals surface area (Å²) in [6.45, 7) is 5.65. The van der Waals surface area contributed by atoms with E-state index in [2.05, 4.69) is 41.9 Å². The smallest absolute Gasteiger partial charge is 0.251 e. The molecule has 0 saturated carbocycles. The summed E-state index contributed by atoms with van der Waals surface area (Å²) < 4.78 is 27.9. The van der Waals surface area contributed by atoms with Crippen LogP contribution in [0.5, 0.6) is 0 Å². The number of carbonyl (C=O) groups is 1. The Balaban J connectivity index is 1.67. The Labute approximate surface area is 194 Å². The zero-order valence-corrected chi connectivity index (χ0v) is 20.2. The van der Waals surface area contributed by atoms with Crippen molar-refractivity contribution in [3.05, 3.63) is 87.6 Å². The van der Waals surface area contributed by atoms with Crippen LogP contribution in [0.25, 0.3) is 0 Å². The summed E-state index contributed by atoms with van der Waals surface area (Å²) in [6.07, 6.45) is 0. The molecule has 1 amide bonds. The third-order valence-corrected chi connectivity index (χ3v) is 7.56. The molecule has 3 aromatic rings. The Morgan fingerprint density at radius 1 is 1.00 bits per heavy atom. The van der Waals surface area contributed by atoms with Crippen molar-refractivity contribution in [2.24, 2.45) is 0 Å². The topological polar surface area (TPSA) is 78.5 Å². The summed E-state index contributed by atoms with van der Waals surface area (Å²) in [4.78, 5) is 16.0. The fraction of sp³-hybridized carbons (Fsp3) is 0.292. The molecule has 3 rings (SSSR count). The molecule has 0 atom stereocenters. The maximum atomic E-state index is 12.7. The predicted octanol–water partition coefficient (Wildman–Crippen LogP) is 4.00. The van der Waals surface area contributed by atoms with Crippen LogP contribution in [0, 0.1) is 0 Å². The maximum Gasteiger partial charge on any atom is 0.251 e. The van der Waals surface area contributed by atoms with Gasteiger partial charge in [-0.1, -0.05) is 36.4 Å². The summed E-state index contributed by atoms with van der Waals surface area (Å²) >= 11 is 1.48. The van der Waals surface area contributed by atoms with Gasteiger partial charge in [0.2, 0.25) is 10.0 Å². The highest BCUT2D eigenvalue weighted by Gasteiger charge is 2.17. The van der Waals surface area contributed by atoms with Gasteiger partial charge in [0.15, 0.2) is 0 Å². The molecule has 0 bridgehead atoms. The Kier molecular flexibility index (Phi) is 8.20. The maximum absolute atomic E-state index is 12.7. The molecule has 0 fully saturated rings. The lowest BCUT2D eigenvalue weighted by Crippen LogP contribution is -2.28. The molecule has 0 aliphatic carbocycles. The minimum absolute atomic E-state index is 0.0701. The second-order valence-corrected chi connectivity index (χ2v) is 10.7. The minimum Gasteiger partial charge on any atom is -0.348 e. The number of amides is 1. The first-order valence-electron chi connectivity index (χ1n) is 10.4. The number of sulfonamides is 1. The number of hydrogen-bond acceptors (Lipinski definition) is 5. The van der Waals surface area contributed by atoms with Gasteiger partial charge in [-0.3, -0.25) is 9.69 Å². The number of nitrogens with one attached hydrogen (secondary N) is 2. The lowest BCUT2D eigenvalue weighted by Gasteiger charge is -2.22. The SMILES string of the molecule is CC(C)N(C)Cc1ccccc1CNC(=O)c1cccc(S(=O)(=O)NCc2cccs2)c1. The highest BCUT2D eigenvalue weighted by Crippen LogP contribution is 2.16. The van der Waals surface area contributed by atoms with Crippen molar-refractivity contribution in [2.45, 2.75) is 44.4 Å². The van der Waals surface area contributed by atoms with Crippen LogP contribution in [0.4, 0.5) is 0 Å². The van der Waals surface area contributed by atoms with Crippen LogP contribution < -0.4 is 10.0 Å². The van der Waals surface area contributed by atoms with Gasteiger partial charge in [0, 0.05) is 36.1 Å². The molecular formula is C24H29N3O3S2. The molecular weight excluding hydrogens is 442 g/mol. The number of hydrogen-bond donors (Lipinski definition) is 2. The van der Waals surface area contributed by atoms with Crippen molar-refractivity contribution >= 4 is 27.3 Å². The molecule has 1 aromatic heterocycles. The van der Waals surface area contributed by atoms with E-state index in [0.717, 1.165) is 22.5 Å². The van der Waals surface area contributed by atoms with Crippen LogP contribution in [0.15, 0.2) is 70.9 Å². The Morgan fingerprint density at radius 2 is 1.75 bits per heavy atom. The fourth-order valence-electron chi connectivity index (χ4n) is 3.08. The van der Waals surface area contributed by atoms with E-state index in [9.17, 15) is 13.2 Å². The van der Waals surface area contributed by atoms with Crippen molar-refractivity contribution < 1.29 is 13.2 Å². The van der Waals surface area contributed by atoms with Crippen LogP contribution in [0.2, 0.25) is 0 Å². The molecule has 0 unspecified atom stereocenters. The van der Waals surface area contributed by atoms with Crippen molar-refractivity contribution in [3.8, 4) is 0 Å². The van der Waals surface area contributed by atoms with E-state index in [0.29, 0.717) is 18.2 Å². The van der Waals surface area contributed by atoms with Gasteiger partial charge in [0.1, 0.15) is 0 Å². The van der Waals surface area contributed by atoms with Gasteiger partial charge in [-0.25, -0.2) is 13.1 Å². The first-order chi connectivity index (χ1) is 15.3. The van der Waals surface area contributed by atoms with Gasteiger partial charge in [0.05, 0.1) is 4.90 Å². The molecule has 170 valence electrons. The number of thiophene rings is 1. The molecule has 1 heterocycles. The van der Waals surface area contributed by atoms with Crippen LogP contribution in [0.1, 0.15) is 40.2 Å². The Morgan fingerprint density at radius 3 is 2.44 bits per heavy atom. The van der Waals surface area contributed by atoms with E-state index < -0.39 is 10.0 Å². The van der Waals surface area contributed by atoms with Gasteiger partial charge in [-0.15, -0.1) is 11.3 Å². The van der Waals surface area contributed by atoms with E-state index in [-0.39, 0.29) is 17.3 Å². The molecule has 0 aliphatic rings. The number of benzene rings is 2. The molecule has 2 N–H and O–H groups in total. The first kappa shape index (κ1) is 24.1. The van der Waals surface area contributed by atoms with Gasteiger partial charge in [-0.2, -0.15) is 0 Å². The second kappa shape index (κ2) is 10.9. The van der Waals surface area contributed by atoms with E-state index in [4.69, 9.17) is 0 Å². The Hall–Kier alpha value is -2.52. The summed E-state index contributed by atoms with van der Waals surface area (Å²) in [5, 5.41) is 4.82. The summed E-state index contributed by atoms with van der Waals surface area (Å²) in [7, 11) is -1.65. The van der Waals surface area contributed by atoms with Crippen molar-refractivity contribution in [2.75, 3.05) is 7.05 Å². The first-order valence-corrected chi connectivity index (χ1v) is 12.8. The summed E-state index contributed by atoms with van der Waals surface area (Å²) in [5.41, 5.74) is 2.49. The van der Waals surface area contributed by atoms with E-state index in [1.807, 2.05) is 35.7 Å². The molecule has 2 aromatic carbocycles. The van der Waals surface area contributed by atoms with Crippen LogP contribution in [-0.2, 0) is 29.7 Å². The normalized spacial score (nSPS) is 11.8. The van der Waals surface area contributed by atoms with Gasteiger partial charge < -0.3 is 5.32 Å². The average molecular weight is 472 g/mol. The molecule has 0 spiro atoms. The largest absolute Gasteiger partial charge is 0.348 e. The van der Waals surface area contributed by atoms with Gasteiger partial charge in [-0.05, 0) is 61.7 Å². The highest BCUT2D eigenvalue weighted by atomic mass is 32.2. The monoisotopic (exact) mass is 471 g/mol. The molecule has 8 heteroatoms. The van der Waals surface area contributed by atoms with Crippen LogP contribution >= 0.6 is 11.3 Å². The van der Waals surface area contributed by atoms with Gasteiger partial charge in [0.25, 0.3) is 5.91 Å². The van der Waals surface area contributed by atoms with E-state index in [1.165, 1.54) is 23.5 Å². The van der Waals surface area contributed by atoms with Crippen molar-refractivity contribution in [1.82, 2.24) is 14.9 Å². The minimum atomic E-state index is -3.72. The standard InChI is InChI=1S/C24H29N3O3S2/c1-18(2)27(3)17-21-9-5-4-8-20(21)15-25-24(28)19-10-6-12-23(14-19)32(29,30)26-16-22-11-7-13-31-22/h4-14,18,26H,15-17H2,1-3H3,(H,25,28). The lowest BCUT2D eigenvalue weighted by atomic mass is 10.1. The fourth-order valence-corrected chi connectivity index (χ4v) is 4.87. The second-order valence-electron chi connectivity index (χ2n) is 7.89. The summed E-state index contributed by atoms with van der Waals surface area (Å²) in [6, 6.07) is 18.3. The lowest BCUT2D eigenvalue weighted by molar-refractivity contribution is 0.0950. The molecule has 32 heavy (non-hydrogen) atoms. The average Bonchev–Trinajstić information content (AvgIpc) is 3.31. The summed E-state index contributed by atoms with van der Waals surface area (Å²) in [5.74, 6) is -0.313. The molecule has 6 nitrogen and oxygen atoms in total. The van der Waals surface area contributed by atoms with Crippen molar-refractivity contribution in [3.63, 3.8) is 0 Å². The molecule has 0 radical (unpaired) electrons.